The maximum Gasteiger partial charge on any atom is 0.234 e. The summed E-state index contributed by atoms with van der Waals surface area (Å²) < 4.78 is 5.25. The van der Waals surface area contributed by atoms with Gasteiger partial charge >= 0.3 is 0 Å². The number of hydrogen-bond donors (Lipinski definition) is 1. The number of nitrogens with one attached hydrogen (secondary N) is 1. The van der Waals surface area contributed by atoms with Crippen molar-refractivity contribution in [1.29, 1.82) is 0 Å². The molecule has 2 heterocycles. The van der Waals surface area contributed by atoms with Crippen LogP contribution in [-0.4, -0.2) is 42.6 Å². The lowest BCUT2D eigenvalue weighted by atomic mass is 9.91. The first-order chi connectivity index (χ1) is 14.8. The summed E-state index contributed by atoms with van der Waals surface area (Å²) >= 11 is 0. The van der Waals surface area contributed by atoms with Gasteiger partial charge in [-0.15, -0.1) is 0 Å². The number of methoxy groups -OCH3 is 1. The molecule has 0 spiro atoms. The molecule has 7 nitrogen and oxygen atoms in total. The highest BCUT2D eigenvalue weighted by Gasteiger charge is 2.41. The van der Waals surface area contributed by atoms with Crippen LogP contribution in [0.15, 0.2) is 30.5 Å². The van der Waals surface area contributed by atoms with Crippen LogP contribution in [0.1, 0.15) is 58.1 Å². The lowest BCUT2D eigenvalue weighted by Gasteiger charge is -2.34. The van der Waals surface area contributed by atoms with E-state index in [0.29, 0.717) is 18.5 Å². The number of benzene rings is 1. The van der Waals surface area contributed by atoms with Gasteiger partial charge in [-0.2, -0.15) is 4.98 Å². The minimum atomic E-state index is -0.484. The third-order valence-electron chi connectivity index (χ3n) is 6.56. The van der Waals surface area contributed by atoms with Crippen LogP contribution >= 0.6 is 0 Å². The molecule has 4 rings (SSSR count). The highest BCUT2D eigenvalue weighted by molar-refractivity contribution is 6.00. The zero-order valence-corrected chi connectivity index (χ0v) is 19.2. The average Bonchev–Trinajstić information content (AvgIpc) is 3.29. The van der Waals surface area contributed by atoms with E-state index in [4.69, 9.17) is 9.72 Å². The Labute approximate surface area is 184 Å². The Morgan fingerprint density at radius 3 is 2.52 bits per heavy atom. The molecule has 7 heteroatoms. The summed E-state index contributed by atoms with van der Waals surface area (Å²) in [5.74, 6) is 2.36. The Balaban J connectivity index is 1.66. The lowest BCUT2D eigenvalue weighted by molar-refractivity contribution is -0.125. The second kappa shape index (κ2) is 8.36. The molecule has 1 aromatic heterocycles. The molecule has 2 aromatic rings. The van der Waals surface area contributed by atoms with Gasteiger partial charge in [-0.1, -0.05) is 25.0 Å². The van der Waals surface area contributed by atoms with Gasteiger partial charge in [0.2, 0.25) is 11.9 Å². The number of carbonyl (C=O) groups is 1. The fourth-order valence-electron chi connectivity index (χ4n) is 4.70. The van der Waals surface area contributed by atoms with Gasteiger partial charge in [0.1, 0.15) is 11.4 Å². The van der Waals surface area contributed by atoms with E-state index in [9.17, 15) is 4.79 Å². The number of carbonyl (C=O) groups excluding carboxylic acids is 1. The topological polar surface area (TPSA) is 70.6 Å². The molecule has 1 aromatic carbocycles. The molecule has 0 saturated heterocycles. The van der Waals surface area contributed by atoms with Gasteiger partial charge in [0, 0.05) is 19.6 Å². The summed E-state index contributed by atoms with van der Waals surface area (Å²) in [6.07, 6.45) is 6.52. The molecule has 1 atom stereocenters. The summed E-state index contributed by atoms with van der Waals surface area (Å²) in [6.45, 7) is 6.80. The van der Waals surface area contributed by atoms with Crippen LogP contribution in [0, 0.1) is 5.41 Å². The summed E-state index contributed by atoms with van der Waals surface area (Å²) in [5, 5.41) is 3.43. The fraction of sp³-hybridized carbons (Fsp3) is 0.542. The molecular weight excluding hydrogens is 390 g/mol. The van der Waals surface area contributed by atoms with E-state index in [1.807, 2.05) is 45.2 Å². The molecule has 0 radical (unpaired) electrons. The van der Waals surface area contributed by atoms with Gasteiger partial charge in [0.15, 0.2) is 5.82 Å². The molecule has 0 bridgehead atoms. The second-order valence-corrected chi connectivity index (χ2v) is 9.36. The molecular formula is C24H33N5O2. The van der Waals surface area contributed by atoms with Crippen LogP contribution in [0.5, 0.6) is 5.75 Å². The van der Waals surface area contributed by atoms with E-state index in [2.05, 4.69) is 22.1 Å². The Hall–Kier alpha value is -2.83. The van der Waals surface area contributed by atoms with Crippen molar-refractivity contribution in [3.8, 4) is 5.75 Å². The Morgan fingerprint density at radius 2 is 1.87 bits per heavy atom. The molecule has 1 saturated carbocycles. The summed E-state index contributed by atoms with van der Waals surface area (Å²) in [7, 11) is 3.50. The number of nitrogens with zero attached hydrogens (tertiary/aromatic N) is 4. The molecule has 1 aliphatic carbocycles. The van der Waals surface area contributed by atoms with Gasteiger partial charge in [-0.25, -0.2) is 4.98 Å². The van der Waals surface area contributed by atoms with Crippen LogP contribution < -0.4 is 19.9 Å². The van der Waals surface area contributed by atoms with Crippen LogP contribution in [0.25, 0.3) is 0 Å². The predicted molar refractivity (Wildman–Crippen MR) is 124 cm³/mol. The minimum absolute atomic E-state index is 0.0328. The van der Waals surface area contributed by atoms with E-state index in [1.165, 1.54) is 12.8 Å². The third-order valence-corrected chi connectivity index (χ3v) is 6.56. The van der Waals surface area contributed by atoms with Crippen molar-refractivity contribution in [2.24, 2.45) is 5.41 Å². The summed E-state index contributed by atoms with van der Waals surface area (Å²) in [6, 6.07) is 8.44. The standard InChI is InChI=1S/C24H33N5O2/c1-16(17-10-12-19(31-5)13-11-17)26-23-25-14-20-21(27-23)29(18-8-6-7-9-18)15-24(2,3)22(30)28(20)4/h10-14,16,18H,6-9,15H2,1-5H3,(H,25,26,27)/t16-/m0/s1. The normalized spacial score (nSPS) is 19.7. The highest BCUT2D eigenvalue weighted by atomic mass is 16.5. The number of hydrogen-bond acceptors (Lipinski definition) is 6. The molecule has 1 aliphatic heterocycles. The van der Waals surface area contributed by atoms with Crippen molar-refractivity contribution in [1.82, 2.24) is 9.97 Å². The number of ether oxygens (including phenoxy) is 1. The van der Waals surface area contributed by atoms with Crippen molar-refractivity contribution in [3.63, 3.8) is 0 Å². The number of rotatable bonds is 5. The average molecular weight is 424 g/mol. The first kappa shape index (κ1) is 21.4. The molecule has 31 heavy (non-hydrogen) atoms. The van der Waals surface area contributed by atoms with Gasteiger partial charge in [0.25, 0.3) is 0 Å². The van der Waals surface area contributed by atoms with Crippen molar-refractivity contribution in [3.05, 3.63) is 36.0 Å². The van der Waals surface area contributed by atoms with E-state index in [0.717, 1.165) is 35.7 Å². The van der Waals surface area contributed by atoms with E-state index in [-0.39, 0.29) is 11.9 Å². The molecule has 166 valence electrons. The smallest absolute Gasteiger partial charge is 0.234 e. The molecule has 1 N–H and O–H groups in total. The highest BCUT2D eigenvalue weighted by Crippen LogP contribution is 2.40. The van der Waals surface area contributed by atoms with E-state index in [1.54, 1.807) is 18.2 Å². The molecule has 1 amide bonds. The van der Waals surface area contributed by atoms with Crippen LogP contribution in [-0.2, 0) is 4.79 Å². The molecule has 1 fully saturated rings. The first-order valence-corrected chi connectivity index (χ1v) is 11.1. The van der Waals surface area contributed by atoms with Gasteiger partial charge < -0.3 is 19.9 Å². The Kier molecular flexibility index (Phi) is 5.77. The largest absolute Gasteiger partial charge is 0.497 e. The number of anilines is 3. The van der Waals surface area contributed by atoms with Gasteiger partial charge in [-0.05, 0) is 51.3 Å². The van der Waals surface area contributed by atoms with Crippen LogP contribution in [0.4, 0.5) is 17.5 Å². The van der Waals surface area contributed by atoms with Crippen molar-refractivity contribution >= 4 is 23.4 Å². The Bertz CT molecular complexity index is 937. The maximum absolute atomic E-state index is 13.1. The van der Waals surface area contributed by atoms with Gasteiger partial charge in [0.05, 0.1) is 24.8 Å². The zero-order chi connectivity index (χ0) is 22.2. The van der Waals surface area contributed by atoms with Crippen LogP contribution in [0.3, 0.4) is 0 Å². The number of aromatic nitrogens is 2. The van der Waals surface area contributed by atoms with Crippen molar-refractivity contribution in [2.75, 3.05) is 35.8 Å². The summed E-state index contributed by atoms with van der Waals surface area (Å²) in [5.41, 5.74) is 1.42. The maximum atomic E-state index is 13.1. The van der Waals surface area contributed by atoms with Crippen molar-refractivity contribution in [2.45, 2.75) is 58.5 Å². The molecule has 0 unspecified atom stereocenters. The minimum Gasteiger partial charge on any atom is -0.497 e. The predicted octanol–water partition coefficient (Wildman–Crippen LogP) is 4.41. The Morgan fingerprint density at radius 1 is 1.19 bits per heavy atom. The first-order valence-electron chi connectivity index (χ1n) is 11.1. The van der Waals surface area contributed by atoms with E-state index >= 15 is 0 Å². The third kappa shape index (κ3) is 4.18. The number of amides is 1. The van der Waals surface area contributed by atoms with Crippen molar-refractivity contribution < 1.29 is 9.53 Å². The van der Waals surface area contributed by atoms with Gasteiger partial charge in [-0.3, -0.25) is 4.79 Å². The monoisotopic (exact) mass is 423 g/mol. The lowest BCUT2D eigenvalue weighted by Crippen LogP contribution is -2.45. The zero-order valence-electron chi connectivity index (χ0n) is 19.2. The molecule has 2 aliphatic rings. The SMILES string of the molecule is COc1ccc([C@H](C)Nc2ncc3c(n2)N(C2CCCC2)CC(C)(C)C(=O)N3C)cc1. The fourth-order valence-corrected chi connectivity index (χ4v) is 4.70. The quantitative estimate of drug-likeness (QED) is 0.768. The second-order valence-electron chi connectivity index (χ2n) is 9.36. The number of fused-ring (bicyclic) bond motifs is 1. The van der Waals surface area contributed by atoms with Crippen LogP contribution in [0.2, 0.25) is 0 Å². The van der Waals surface area contributed by atoms with E-state index < -0.39 is 5.41 Å². The summed E-state index contributed by atoms with van der Waals surface area (Å²) in [4.78, 5) is 26.7.